The maximum atomic E-state index is 12.5. The van der Waals surface area contributed by atoms with E-state index in [9.17, 15) is 8.42 Å². The van der Waals surface area contributed by atoms with Gasteiger partial charge in [-0.1, -0.05) is 24.3 Å². The predicted molar refractivity (Wildman–Crippen MR) is 87.3 cm³/mol. The first-order chi connectivity index (χ1) is 10.6. The van der Waals surface area contributed by atoms with Crippen LogP contribution in [0, 0.1) is 0 Å². The van der Waals surface area contributed by atoms with Crippen molar-refractivity contribution < 1.29 is 8.42 Å². The molecule has 2 heterocycles. The Hall–Kier alpha value is -2.34. The number of imidazole rings is 1. The van der Waals surface area contributed by atoms with E-state index >= 15 is 0 Å². The van der Waals surface area contributed by atoms with Gasteiger partial charge in [-0.2, -0.15) is 0 Å². The average Bonchev–Trinajstić information content (AvgIpc) is 2.96. The number of para-hydroxylation sites is 1. The van der Waals surface area contributed by atoms with Gasteiger partial charge in [0.25, 0.3) is 0 Å². The Kier molecular flexibility index (Phi) is 3.85. The molecule has 0 amide bonds. The molecule has 114 valence electrons. The molecule has 0 bridgehead atoms. The highest BCUT2D eigenvalue weighted by atomic mass is 32.2. The van der Waals surface area contributed by atoms with Crippen LogP contribution in [0.25, 0.3) is 5.65 Å². The molecule has 0 atom stereocenters. The second-order valence-electron chi connectivity index (χ2n) is 4.92. The molecule has 0 aliphatic rings. The number of sulfonamides is 1. The molecule has 0 saturated heterocycles. The standard InChI is InChI=1S/C16H17N3O2S/c1-2-22(20,21)19(14-8-4-3-5-9-14)13-15-12-17-16-10-6-7-11-18(15)16/h3-12H,2,13H2,1H3. The summed E-state index contributed by atoms with van der Waals surface area (Å²) in [5.74, 6) is 0.0542. The van der Waals surface area contributed by atoms with Gasteiger partial charge >= 0.3 is 0 Å². The molecule has 2 aromatic heterocycles. The maximum absolute atomic E-state index is 12.5. The van der Waals surface area contributed by atoms with Crippen LogP contribution in [0.3, 0.4) is 0 Å². The lowest BCUT2D eigenvalue weighted by atomic mass is 10.3. The van der Waals surface area contributed by atoms with Gasteiger partial charge in [0, 0.05) is 6.20 Å². The molecule has 0 unspecified atom stereocenters. The first kappa shape index (κ1) is 14.6. The van der Waals surface area contributed by atoms with Gasteiger partial charge in [0.1, 0.15) is 5.65 Å². The smallest absolute Gasteiger partial charge is 0.235 e. The van der Waals surface area contributed by atoms with Gasteiger partial charge < -0.3 is 4.40 Å². The van der Waals surface area contributed by atoms with Crippen molar-refractivity contribution in [3.63, 3.8) is 0 Å². The first-order valence-electron chi connectivity index (χ1n) is 7.08. The van der Waals surface area contributed by atoms with Crippen molar-refractivity contribution in [3.8, 4) is 0 Å². The number of pyridine rings is 1. The van der Waals surface area contributed by atoms with E-state index in [1.54, 1.807) is 25.3 Å². The number of hydrogen-bond donors (Lipinski definition) is 0. The lowest BCUT2D eigenvalue weighted by molar-refractivity contribution is 0.591. The normalized spacial score (nSPS) is 11.7. The SMILES string of the molecule is CCS(=O)(=O)N(Cc1cnc2ccccn12)c1ccccc1. The van der Waals surface area contributed by atoms with Gasteiger partial charge in [-0.05, 0) is 31.2 Å². The number of anilines is 1. The summed E-state index contributed by atoms with van der Waals surface area (Å²) in [5.41, 5.74) is 2.30. The van der Waals surface area contributed by atoms with Crippen molar-refractivity contribution in [3.05, 3.63) is 66.6 Å². The van der Waals surface area contributed by atoms with Crippen LogP contribution in [-0.4, -0.2) is 23.6 Å². The first-order valence-corrected chi connectivity index (χ1v) is 8.69. The van der Waals surface area contributed by atoms with Crippen LogP contribution in [-0.2, 0) is 16.6 Å². The van der Waals surface area contributed by atoms with Crippen molar-refractivity contribution in [2.75, 3.05) is 10.1 Å². The number of fused-ring (bicyclic) bond motifs is 1. The lowest BCUT2D eigenvalue weighted by Gasteiger charge is -2.23. The van der Waals surface area contributed by atoms with Gasteiger partial charge in [-0.3, -0.25) is 4.31 Å². The molecule has 3 rings (SSSR count). The molecule has 0 aliphatic heterocycles. The zero-order valence-electron chi connectivity index (χ0n) is 12.3. The molecule has 22 heavy (non-hydrogen) atoms. The summed E-state index contributed by atoms with van der Waals surface area (Å²) >= 11 is 0. The molecule has 5 nitrogen and oxygen atoms in total. The minimum atomic E-state index is -3.37. The molecule has 6 heteroatoms. The molecule has 3 aromatic rings. The van der Waals surface area contributed by atoms with E-state index in [0.29, 0.717) is 5.69 Å². The fourth-order valence-electron chi connectivity index (χ4n) is 2.35. The summed E-state index contributed by atoms with van der Waals surface area (Å²) in [6.45, 7) is 1.91. The average molecular weight is 315 g/mol. The highest BCUT2D eigenvalue weighted by Gasteiger charge is 2.22. The fraction of sp³-hybridized carbons (Fsp3) is 0.188. The molecule has 0 saturated carbocycles. The number of aromatic nitrogens is 2. The molecule has 0 N–H and O–H groups in total. The van der Waals surface area contributed by atoms with Crippen LogP contribution in [0.1, 0.15) is 12.6 Å². The van der Waals surface area contributed by atoms with Crippen molar-refractivity contribution in [2.24, 2.45) is 0 Å². The summed E-state index contributed by atoms with van der Waals surface area (Å²) in [5, 5.41) is 0. The van der Waals surface area contributed by atoms with Gasteiger partial charge in [-0.15, -0.1) is 0 Å². The molecular weight excluding hydrogens is 298 g/mol. The third-order valence-electron chi connectivity index (χ3n) is 3.54. The fourth-order valence-corrected chi connectivity index (χ4v) is 3.43. The highest BCUT2D eigenvalue weighted by molar-refractivity contribution is 7.92. The molecule has 0 fully saturated rings. The third-order valence-corrected chi connectivity index (χ3v) is 5.29. The monoisotopic (exact) mass is 315 g/mol. The third kappa shape index (κ3) is 2.69. The number of benzene rings is 1. The van der Waals surface area contributed by atoms with E-state index in [4.69, 9.17) is 0 Å². The van der Waals surface area contributed by atoms with Crippen LogP contribution < -0.4 is 4.31 Å². The zero-order valence-corrected chi connectivity index (χ0v) is 13.1. The topological polar surface area (TPSA) is 54.7 Å². The summed E-state index contributed by atoms with van der Waals surface area (Å²) in [6.07, 6.45) is 3.61. The second kappa shape index (κ2) is 5.81. The highest BCUT2D eigenvalue weighted by Crippen LogP contribution is 2.21. The van der Waals surface area contributed by atoms with E-state index in [2.05, 4.69) is 4.98 Å². The van der Waals surface area contributed by atoms with E-state index < -0.39 is 10.0 Å². The van der Waals surface area contributed by atoms with E-state index in [1.165, 1.54) is 4.31 Å². The van der Waals surface area contributed by atoms with Gasteiger partial charge in [-0.25, -0.2) is 13.4 Å². The van der Waals surface area contributed by atoms with Crippen LogP contribution in [0.2, 0.25) is 0 Å². The van der Waals surface area contributed by atoms with E-state index in [1.807, 2.05) is 47.0 Å². The van der Waals surface area contributed by atoms with Gasteiger partial charge in [0.15, 0.2) is 0 Å². The zero-order chi connectivity index (χ0) is 15.6. The van der Waals surface area contributed by atoms with Crippen molar-refractivity contribution in [2.45, 2.75) is 13.5 Å². The molecule has 1 aromatic carbocycles. The maximum Gasteiger partial charge on any atom is 0.235 e. The number of nitrogens with zero attached hydrogens (tertiary/aromatic N) is 3. The minimum Gasteiger partial charge on any atom is -0.302 e. The summed E-state index contributed by atoms with van der Waals surface area (Å²) in [7, 11) is -3.37. The van der Waals surface area contributed by atoms with E-state index in [-0.39, 0.29) is 12.3 Å². The number of hydrogen-bond acceptors (Lipinski definition) is 3. The molecule has 0 aliphatic carbocycles. The van der Waals surface area contributed by atoms with Crippen LogP contribution >= 0.6 is 0 Å². The van der Waals surface area contributed by atoms with Gasteiger partial charge in [0.05, 0.1) is 29.9 Å². The second-order valence-corrected chi connectivity index (χ2v) is 7.10. The number of rotatable bonds is 5. The summed E-state index contributed by atoms with van der Waals surface area (Å²) < 4.78 is 28.3. The lowest BCUT2D eigenvalue weighted by Crippen LogP contribution is -2.32. The Bertz CT molecular complexity index is 873. The van der Waals surface area contributed by atoms with Crippen LogP contribution in [0.5, 0.6) is 0 Å². The predicted octanol–water partition coefficient (Wildman–Crippen LogP) is 2.69. The Morgan fingerprint density at radius 3 is 2.55 bits per heavy atom. The Labute approximate surface area is 129 Å². The van der Waals surface area contributed by atoms with Crippen molar-refractivity contribution >= 4 is 21.4 Å². The Balaban J connectivity index is 2.04. The molecule has 0 radical (unpaired) electrons. The van der Waals surface area contributed by atoms with Crippen molar-refractivity contribution in [1.29, 1.82) is 0 Å². The van der Waals surface area contributed by atoms with Gasteiger partial charge in [0.2, 0.25) is 10.0 Å². The molecular formula is C16H17N3O2S. The van der Waals surface area contributed by atoms with E-state index in [0.717, 1.165) is 11.3 Å². The minimum absolute atomic E-state index is 0.0542. The quantitative estimate of drug-likeness (QED) is 0.727. The van der Waals surface area contributed by atoms with Crippen LogP contribution in [0.15, 0.2) is 60.9 Å². The molecule has 0 spiro atoms. The van der Waals surface area contributed by atoms with Crippen LogP contribution in [0.4, 0.5) is 5.69 Å². The Morgan fingerprint density at radius 2 is 1.82 bits per heavy atom. The summed E-state index contributed by atoms with van der Waals surface area (Å²) in [6, 6.07) is 14.8. The Morgan fingerprint density at radius 1 is 1.09 bits per heavy atom. The van der Waals surface area contributed by atoms with Crippen molar-refractivity contribution in [1.82, 2.24) is 9.38 Å². The summed E-state index contributed by atoms with van der Waals surface area (Å²) in [4.78, 5) is 4.31. The largest absolute Gasteiger partial charge is 0.302 e.